The minimum Gasteiger partial charge on any atom is -0.493 e. The quantitative estimate of drug-likeness (QED) is 0.0890. The fourth-order valence-corrected chi connectivity index (χ4v) is 6.06. The van der Waals surface area contributed by atoms with Crippen LogP contribution in [-0.4, -0.2) is 41.2 Å². The number of unbranched alkanes of at least 4 members (excludes halogenated alkanes) is 1. The minimum absolute atomic E-state index is 0.0143. The molecule has 250 valence electrons. The molecule has 0 saturated heterocycles. The number of ketones is 2. The molecule has 2 N–H and O–H groups in total. The van der Waals surface area contributed by atoms with E-state index in [1.54, 1.807) is 36.4 Å². The summed E-state index contributed by atoms with van der Waals surface area (Å²) < 4.78 is 5.65. The van der Waals surface area contributed by atoms with E-state index >= 15 is 0 Å². The molecule has 0 fully saturated rings. The van der Waals surface area contributed by atoms with Crippen molar-refractivity contribution in [2.45, 2.75) is 58.4 Å². The highest BCUT2D eigenvalue weighted by Crippen LogP contribution is 2.32. The summed E-state index contributed by atoms with van der Waals surface area (Å²) >= 11 is 19.1. The molecule has 7 nitrogen and oxygen atoms in total. The maximum absolute atomic E-state index is 13.1. The van der Waals surface area contributed by atoms with Crippen LogP contribution in [0.25, 0.3) is 0 Å². The molecule has 0 aliphatic rings. The molecule has 0 bridgehead atoms. The number of carbonyl (C=O) groups is 4. The van der Waals surface area contributed by atoms with Gasteiger partial charge in [-0.3, -0.25) is 14.4 Å². The molecule has 0 unspecified atom stereocenters. The number of nitrogens with one attached hydrogen (secondary N) is 1. The highest BCUT2D eigenvalue weighted by atomic mass is 35.5. The molecule has 0 radical (unpaired) electrons. The summed E-state index contributed by atoms with van der Waals surface area (Å²) in [4.78, 5) is 50.9. The molecular weight excluding hydrogens is 673 g/mol. The van der Waals surface area contributed by atoms with Crippen molar-refractivity contribution >= 4 is 58.2 Å². The van der Waals surface area contributed by atoms with Gasteiger partial charge in [0.05, 0.1) is 32.8 Å². The summed E-state index contributed by atoms with van der Waals surface area (Å²) in [6.45, 7) is 4.57. The summed E-state index contributed by atoms with van der Waals surface area (Å²) in [6.07, 6.45) is 2.72. The molecule has 0 heterocycles. The lowest BCUT2D eigenvalue weighted by Gasteiger charge is -2.16. The molecule has 0 aliphatic heterocycles. The Hall–Kier alpha value is -4.17. The Morgan fingerprint density at radius 3 is 2.12 bits per heavy atom. The summed E-state index contributed by atoms with van der Waals surface area (Å²) in [5, 5.41) is 12.8. The first-order valence-corrected chi connectivity index (χ1v) is 16.7. The summed E-state index contributed by atoms with van der Waals surface area (Å²) in [5.74, 6) is -1.80. The Kier molecular flexibility index (Phi) is 13.2. The smallest absolute Gasteiger partial charge is 0.326 e. The molecule has 0 spiro atoms. The van der Waals surface area contributed by atoms with Gasteiger partial charge in [0, 0.05) is 24.8 Å². The maximum atomic E-state index is 13.1. The number of carboxylic acids is 1. The van der Waals surface area contributed by atoms with Crippen molar-refractivity contribution in [3.8, 4) is 5.75 Å². The van der Waals surface area contributed by atoms with Crippen molar-refractivity contribution in [3.63, 3.8) is 0 Å². The summed E-state index contributed by atoms with van der Waals surface area (Å²) in [5.41, 5.74) is 4.11. The highest BCUT2D eigenvalue weighted by Gasteiger charge is 2.23. The second-order valence-corrected chi connectivity index (χ2v) is 12.8. The number of carbonyl (C=O) groups excluding carboxylic acids is 3. The summed E-state index contributed by atoms with van der Waals surface area (Å²) in [6, 6.07) is 21.0. The fourth-order valence-electron chi connectivity index (χ4n) is 5.12. The molecule has 0 aliphatic carbocycles. The van der Waals surface area contributed by atoms with E-state index in [2.05, 4.69) is 12.2 Å². The third-order valence-electron chi connectivity index (χ3n) is 7.75. The van der Waals surface area contributed by atoms with Crippen LogP contribution >= 0.6 is 34.8 Å². The van der Waals surface area contributed by atoms with Crippen LogP contribution in [0.2, 0.25) is 15.1 Å². The number of rotatable bonds is 16. The van der Waals surface area contributed by atoms with E-state index in [1.807, 2.05) is 31.2 Å². The number of ether oxygens (including phenoxy) is 1. The number of halogens is 3. The SMILES string of the molecule is CCCCOc1cc(Cl)c(C(=O)Cc2ccc(C[C@H](NC(=O)c3ccc(C(=O)CCc4cccc(C)c4)cc3Cl)C(=O)O)cc2)c(Cl)c1. The number of hydrogen-bond acceptors (Lipinski definition) is 5. The molecule has 4 rings (SSSR count). The van der Waals surface area contributed by atoms with Crippen LogP contribution in [0, 0.1) is 6.92 Å². The number of aryl methyl sites for hydroxylation is 2. The lowest BCUT2D eigenvalue weighted by Crippen LogP contribution is -2.42. The third-order valence-corrected chi connectivity index (χ3v) is 8.66. The van der Waals surface area contributed by atoms with Crippen LogP contribution in [0.1, 0.15) is 79.5 Å². The minimum atomic E-state index is -1.26. The van der Waals surface area contributed by atoms with Gasteiger partial charge in [-0.15, -0.1) is 0 Å². The zero-order valence-electron chi connectivity index (χ0n) is 26.7. The Morgan fingerprint density at radius 2 is 1.50 bits per heavy atom. The topological polar surface area (TPSA) is 110 Å². The predicted octanol–water partition coefficient (Wildman–Crippen LogP) is 8.80. The molecule has 1 atom stereocenters. The number of benzene rings is 4. The van der Waals surface area contributed by atoms with E-state index in [0.29, 0.717) is 35.5 Å². The van der Waals surface area contributed by atoms with Gasteiger partial charge >= 0.3 is 5.97 Å². The van der Waals surface area contributed by atoms with Gasteiger partial charge in [-0.1, -0.05) is 108 Å². The molecule has 48 heavy (non-hydrogen) atoms. The average Bonchev–Trinajstić information content (AvgIpc) is 3.04. The number of carboxylic acid groups (broad SMARTS) is 1. The van der Waals surface area contributed by atoms with Gasteiger partial charge in [-0.05, 0) is 60.7 Å². The van der Waals surface area contributed by atoms with Gasteiger partial charge in [0.1, 0.15) is 11.8 Å². The van der Waals surface area contributed by atoms with Gasteiger partial charge in [-0.25, -0.2) is 4.79 Å². The van der Waals surface area contributed by atoms with Gasteiger partial charge in [-0.2, -0.15) is 0 Å². The van der Waals surface area contributed by atoms with E-state index < -0.39 is 17.9 Å². The van der Waals surface area contributed by atoms with Gasteiger partial charge in [0.2, 0.25) is 0 Å². The van der Waals surface area contributed by atoms with Crippen LogP contribution < -0.4 is 10.1 Å². The standard InChI is InChI=1S/C38H36Cl3NO6/c1-3-4-16-48-28-21-31(40)36(32(41)22-28)35(44)19-26-10-8-25(9-11-26)18-33(38(46)47)42-37(45)29-14-13-27(20-30(29)39)34(43)15-12-24-7-5-6-23(2)17-24/h5-11,13-14,17,20-22,33H,3-4,12,15-16,18-19H2,1-2H3,(H,42,45)(H,46,47)/t33-/m0/s1. The molecular formula is C38H36Cl3NO6. The first-order valence-electron chi connectivity index (χ1n) is 15.6. The maximum Gasteiger partial charge on any atom is 0.326 e. The number of amides is 1. The lowest BCUT2D eigenvalue weighted by molar-refractivity contribution is -0.139. The van der Waals surface area contributed by atoms with Crippen LogP contribution in [0.15, 0.2) is 78.9 Å². The number of aliphatic carboxylic acids is 1. The van der Waals surface area contributed by atoms with E-state index in [9.17, 15) is 24.3 Å². The summed E-state index contributed by atoms with van der Waals surface area (Å²) in [7, 11) is 0. The predicted molar refractivity (Wildman–Crippen MR) is 189 cm³/mol. The van der Waals surface area contributed by atoms with Crippen molar-refractivity contribution in [1.82, 2.24) is 5.32 Å². The van der Waals surface area contributed by atoms with E-state index in [-0.39, 0.29) is 57.0 Å². The molecule has 0 saturated carbocycles. The van der Waals surface area contributed by atoms with Crippen molar-refractivity contribution in [3.05, 3.63) is 133 Å². The van der Waals surface area contributed by atoms with Gasteiger partial charge in [0.25, 0.3) is 5.91 Å². The van der Waals surface area contributed by atoms with Crippen LogP contribution in [0.4, 0.5) is 0 Å². The van der Waals surface area contributed by atoms with Crippen molar-refractivity contribution in [2.75, 3.05) is 6.61 Å². The zero-order chi connectivity index (χ0) is 34.8. The Bertz CT molecular complexity index is 1780. The Morgan fingerprint density at radius 1 is 0.812 bits per heavy atom. The second-order valence-electron chi connectivity index (χ2n) is 11.6. The van der Waals surface area contributed by atoms with E-state index in [1.165, 1.54) is 18.2 Å². The van der Waals surface area contributed by atoms with Crippen LogP contribution in [0.3, 0.4) is 0 Å². The van der Waals surface area contributed by atoms with Crippen molar-refractivity contribution < 1.29 is 29.0 Å². The third kappa shape index (κ3) is 10.2. The van der Waals surface area contributed by atoms with Crippen molar-refractivity contribution in [1.29, 1.82) is 0 Å². The first-order chi connectivity index (χ1) is 22.9. The van der Waals surface area contributed by atoms with Crippen LogP contribution in [0.5, 0.6) is 5.75 Å². The monoisotopic (exact) mass is 707 g/mol. The van der Waals surface area contributed by atoms with E-state index in [0.717, 1.165) is 24.0 Å². The molecule has 4 aromatic carbocycles. The number of Topliss-reactive ketones (excluding diaryl/α,β-unsaturated/α-hetero) is 2. The lowest BCUT2D eigenvalue weighted by atomic mass is 9.99. The highest BCUT2D eigenvalue weighted by molar-refractivity contribution is 6.40. The van der Waals surface area contributed by atoms with Gasteiger partial charge in [0.15, 0.2) is 11.6 Å². The largest absolute Gasteiger partial charge is 0.493 e. The molecule has 10 heteroatoms. The fraction of sp³-hybridized carbons (Fsp3) is 0.263. The van der Waals surface area contributed by atoms with Crippen molar-refractivity contribution in [2.24, 2.45) is 0 Å². The molecule has 1 amide bonds. The van der Waals surface area contributed by atoms with Crippen LogP contribution in [-0.2, 0) is 24.1 Å². The first kappa shape index (κ1) is 36.7. The Labute approximate surface area is 295 Å². The molecule has 0 aromatic heterocycles. The normalized spacial score (nSPS) is 11.5. The Balaban J connectivity index is 1.35. The van der Waals surface area contributed by atoms with E-state index in [4.69, 9.17) is 39.5 Å². The number of hydrogen-bond donors (Lipinski definition) is 2. The molecule has 4 aromatic rings. The second kappa shape index (κ2) is 17.3. The zero-order valence-corrected chi connectivity index (χ0v) is 28.9. The average molecular weight is 709 g/mol. The van der Waals surface area contributed by atoms with Gasteiger partial charge < -0.3 is 15.2 Å².